The maximum atomic E-state index is 3.56. The van der Waals surface area contributed by atoms with Crippen molar-refractivity contribution < 1.29 is 0 Å². The van der Waals surface area contributed by atoms with E-state index in [1.807, 2.05) is 0 Å². The van der Waals surface area contributed by atoms with Gasteiger partial charge in [0, 0.05) is 0 Å². The van der Waals surface area contributed by atoms with Crippen molar-refractivity contribution in [3.63, 3.8) is 0 Å². The Morgan fingerprint density at radius 1 is 1.00 bits per heavy atom. The van der Waals surface area contributed by atoms with Gasteiger partial charge >= 0.3 is 0 Å². The molecule has 0 saturated heterocycles. The summed E-state index contributed by atoms with van der Waals surface area (Å²) in [5.74, 6) is 0. The summed E-state index contributed by atoms with van der Waals surface area (Å²) in [7, 11) is 3.56. The Morgan fingerprint density at radius 3 is 1.80 bits per heavy atom. The molecule has 0 aliphatic rings. The monoisotopic (exact) mass is 147 g/mol. The van der Waals surface area contributed by atoms with Gasteiger partial charge in [-0.1, -0.05) is 34.0 Å². The van der Waals surface area contributed by atoms with E-state index in [4.69, 9.17) is 0 Å². The second-order valence-corrected chi connectivity index (χ2v) is 3.27. The van der Waals surface area contributed by atoms with Crippen molar-refractivity contribution in [1.82, 2.24) is 0 Å². The van der Waals surface area contributed by atoms with Crippen LogP contribution in [-0.4, -0.2) is 10.2 Å². The third-order valence-electron chi connectivity index (χ3n) is 1.68. The largest absolute Gasteiger partial charge is 0.0719 e. The molecule has 0 aromatic heterocycles. The van der Waals surface area contributed by atoms with Crippen LogP contribution in [0.1, 0.15) is 16.7 Å². The molecule has 51 valence electrons. The quantitative estimate of drug-likeness (QED) is 0.487. The first-order valence-corrected chi connectivity index (χ1v) is 3.90. The van der Waals surface area contributed by atoms with Crippen LogP contribution in [0.4, 0.5) is 0 Å². The van der Waals surface area contributed by atoms with E-state index in [2.05, 4.69) is 43.1 Å². The molecule has 0 aliphatic heterocycles. The summed E-state index contributed by atoms with van der Waals surface area (Å²) in [6, 6.07) is 4.35. The fraction of sp³-hybridized carbons (Fsp3) is 0.333. The van der Waals surface area contributed by atoms with Crippen LogP contribution in [0.15, 0.2) is 12.1 Å². The van der Waals surface area contributed by atoms with Gasteiger partial charge in [0.1, 0.15) is 0 Å². The standard InChI is InChI=1S/C9H11Si/c1-6-4-7(2)9(10)8(3)5-6/h4-5H,1-3H3. The van der Waals surface area contributed by atoms with Gasteiger partial charge in [-0.3, -0.25) is 0 Å². The van der Waals surface area contributed by atoms with E-state index in [1.54, 1.807) is 0 Å². The first kappa shape index (κ1) is 7.54. The summed E-state index contributed by atoms with van der Waals surface area (Å²) < 4.78 is 0. The maximum Gasteiger partial charge on any atom is 0.0719 e. The minimum absolute atomic E-state index is 1.23. The first-order chi connectivity index (χ1) is 4.61. The van der Waals surface area contributed by atoms with Gasteiger partial charge in [-0.15, -0.1) is 0 Å². The average Bonchev–Trinajstić information content (AvgIpc) is 1.82. The number of rotatable bonds is 0. The lowest BCUT2D eigenvalue weighted by Crippen LogP contribution is -2.11. The van der Waals surface area contributed by atoms with Crippen molar-refractivity contribution in [2.45, 2.75) is 20.8 Å². The van der Waals surface area contributed by atoms with Crippen molar-refractivity contribution in [2.24, 2.45) is 0 Å². The predicted octanol–water partition coefficient (Wildman–Crippen LogP) is 1.41. The van der Waals surface area contributed by atoms with Gasteiger partial charge in [-0.05, 0) is 20.8 Å². The Balaban J connectivity index is 3.31. The van der Waals surface area contributed by atoms with Gasteiger partial charge in [0.2, 0.25) is 0 Å². The summed E-state index contributed by atoms with van der Waals surface area (Å²) in [4.78, 5) is 0. The molecule has 0 unspecified atom stereocenters. The average molecular weight is 147 g/mol. The van der Waals surface area contributed by atoms with Gasteiger partial charge in [0.25, 0.3) is 0 Å². The molecule has 0 spiro atoms. The molecule has 0 heterocycles. The molecule has 1 aromatic rings. The highest BCUT2D eigenvalue weighted by molar-refractivity contribution is 6.34. The van der Waals surface area contributed by atoms with E-state index < -0.39 is 0 Å². The summed E-state index contributed by atoms with van der Waals surface area (Å²) in [6.07, 6.45) is 0. The highest BCUT2D eigenvalue weighted by atomic mass is 28.1. The predicted molar refractivity (Wildman–Crippen MR) is 46.0 cm³/mol. The van der Waals surface area contributed by atoms with Gasteiger partial charge in [-0.25, -0.2) is 0 Å². The summed E-state index contributed by atoms with van der Waals surface area (Å²) in [5.41, 5.74) is 3.96. The number of hydrogen-bond donors (Lipinski definition) is 0. The molecule has 3 radical (unpaired) electrons. The second kappa shape index (κ2) is 2.58. The number of aryl methyl sites for hydroxylation is 3. The number of benzene rings is 1. The van der Waals surface area contributed by atoms with Gasteiger partial charge < -0.3 is 0 Å². The third-order valence-corrected chi connectivity index (χ3v) is 2.47. The van der Waals surface area contributed by atoms with Gasteiger partial charge in [-0.2, -0.15) is 0 Å². The van der Waals surface area contributed by atoms with Crippen LogP contribution >= 0.6 is 0 Å². The van der Waals surface area contributed by atoms with Gasteiger partial charge in [0.05, 0.1) is 10.2 Å². The first-order valence-electron chi connectivity index (χ1n) is 3.40. The molecule has 1 rings (SSSR count). The Labute approximate surface area is 65.7 Å². The highest BCUT2D eigenvalue weighted by Gasteiger charge is 1.96. The fourth-order valence-corrected chi connectivity index (χ4v) is 1.32. The van der Waals surface area contributed by atoms with Crippen LogP contribution in [0.25, 0.3) is 0 Å². The molecule has 0 saturated carbocycles. The Morgan fingerprint density at radius 2 is 1.40 bits per heavy atom. The van der Waals surface area contributed by atoms with Crippen LogP contribution in [0.5, 0.6) is 0 Å². The molecule has 1 aromatic carbocycles. The van der Waals surface area contributed by atoms with Crippen LogP contribution in [0.2, 0.25) is 0 Å². The van der Waals surface area contributed by atoms with E-state index in [9.17, 15) is 0 Å². The molecule has 0 atom stereocenters. The normalized spacial score (nSPS) is 10.0. The molecule has 10 heavy (non-hydrogen) atoms. The third kappa shape index (κ3) is 1.29. The Hall–Kier alpha value is -0.563. The molecular formula is C9H11Si. The molecule has 0 bridgehead atoms. The molecular weight excluding hydrogens is 136 g/mol. The van der Waals surface area contributed by atoms with E-state index in [1.165, 1.54) is 21.9 Å². The maximum absolute atomic E-state index is 3.56. The summed E-state index contributed by atoms with van der Waals surface area (Å²) in [6.45, 7) is 6.34. The molecule has 0 nitrogen and oxygen atoms in total. The zero-order valence-corrected chi connectivity index (χ0v) is 7.65. The van der Waals surface area contributed by atoms with Crippen LogP contribution < -0.4 is 5.19 Å². The Bertz CT molecular complexity index is 228. The topological polar surface area (TPSA) is 0 Å². The molecule has 1 heteroatoms. The fourth-order valence-electron chi connectivity index (χ4n) is 1.18. The van der Waals surface area contributed by atoms with Crippen molar-refractivity contribution in [1.29, 1.82) is 0 Å². The minimum atomic E-state index is 1.23. The lowest BCUT2D eigenvalue weighted by Gasteiger charge is -2.04. The zero-order chi connectivity index (χ0) is 7.72. The van der Waals surface area contributed by atoms with Crippen molar-refractivity contribution in [3.8, 4) is 0 Å². The van der Waals surface area contributed by atoms with Crippen molar-refractivity contribution in [2.75, 3.05) is 0 Å². The van der Waals surface area contributed by atoms with Crippen LogP contribution in [-0.2, 0) is 0 Å². The van der Waals surface area contributed by atoms with Gasteiger partial charge in [0.15, 0.2) is 0 Å². The van der Waals surface area contributed by atoms with E-state index in [0.717, 1.165) is 0 Å². The molecule has 0 amide bonds. The van der Waals surface area contributed by atoms with Crippen molar-refractivity contribution in [3.05, 3.63) is 28.8 Å². The zero-order valence-electron chi connectivity index (χ0n) is 6.65. The minimum Gasteiger partial charge on any atom is -0.0616 e. The van der Waals surface area contributed by atoms with E-state index >= 15 is 0 Å². The summed E-state index contributed by atoms with van der Waals surface area (Å²) >= 11 is 0. The van der Waals surface area contributed by atoms with Crippen molar-refractivity contribution >= 4 is 15.4 Å². The van der Waals surface area contributed by atoms with Crippen LogP contribution in [0, 0.1) is 20.8 Å². The van der Waals surface area contributed by atoms with E-state index in [-0.39, 0.29) is 0 Å². The molecule has 0 N–H and O–H groups in total. The molecule has 0 aliphatic carbocycles. The smallest absolute Gasteiger partial charge is 0.0616 e. The van der Waals surface area contributed by atoms with E-state index in [0.29, 0.717) is 0 Å². The van der Waals surface area contributed by atoms with Crippen LogP contribution in [0.3, 0.4) is 0 Å². The summed E-state index contributed by atoms with van der Waals surface area (Å²) in [5, 5.41) is 1.23. The number of hydrogen-bond acceptors (Lipinski definition) is 0. The molecule has 0 fully saturated rings. The Kier molecular flexibility index (Phi) is 1.95. The second-order valence-electron chi connectivity index (χ2n) is 2.77. The lowest BCUT2D eigenvalue weighted by molar-refractivity contribution is 1.35. The lowest BCUT2D eigenvalue weighted by atomic mass is 10.1. The SMILES string of the molecule is Cc1cc(C)c([Si])c(C)c1. The highest BCUT2D eigenvalue weighted by Crippen LogP contribution is 2.03.